The Labute approximate surface area is 120 Å². The van der Waals surface area contributed by atoms with Crippen molar-refractivity contribution in [2.45, 2.75) is 6.04 Å². The fourth-order valence-electron chi connectivity index (χ4n) is 1.89. The lowest BCUT2D eigenvalue weighted by Crippen LogP contribution is -2.44. The molecule has 1 unspecified atom stereocenters. The van der Waals surface area contributed by atoms with Crippen LogP contribution in [-0.2, 0) is 9.59 Å². The maximum atomic E-state index is 11.1. The zero-order valence-electron chi connectivity index (χ0n) is 10.4. The maximum Gasteiger partial charge on any atom is 0.231 e. The van der Waals surface area contributed by atoms with E-state index in [1.807, 2.05) is 24.3 Å². The number of nitrogens with two attached hydrogens (primary N) is 3. The number of carbonyl (C=O) groups excluding carboxylic acids is 2. The van der Waals surface area contributed by atoms with Gasteiger partial charge in [-0.25, -0.2) is 0 Å². The molecule has 0 aromatic heterocycles. The van der Waals surface area contributed by atoms with E-state index < -0.39 is 11.8 Å². The first kappa shape index (κ1) is 15.6. The number of benzene rings is 1. The summed E-state index contributed by atoms with van der Waals surface area (Å²) < 4.78 is 0.890. The molecular weight excluding hydrogens is 312 g/mol. The molecule has 6 N–H and O–H groups in total. The SMILES string of the molecule is NCC(c1cccc(Br)c1)N(CC(N)=O)CC(N)=O. The summed E-state index contributed by atoms with van der Waals surface area (Å²) >= 11 is 3.37. The van der Waals surface area contributed by atoms with E-state index in [1.54, 1.807) is 4.90 Å². The van der Waals surface area contributed by atoms with Crippen molar-refractivity contribution in [3.63, 3.8) is 0 Å². The van der Waals surface area contributed by atoms with Crippen LogP contribution in [0.15, 0.2) is 28.7 Å². The van der Waals surface area contributed by atoms with Crippen LogP contribution in [0.3, 0.4) is 0 Å². The quantitative estimate of drug-likeness (QED) is 0.638. The van der Waals surface area contributed by atoms with Gasteiger partial charge in [-0.05, 0) is 17.7 Å². The van der Waals surface area contributed by atoms with Gasteiger partial charge in [-0.3, -0.25) is 14.5 Å². The molecule has 19 heavy (non-hydrogen) atoms. The molecule has 104 valence electrons. The molecule has 0 aliphatic carbocycles. The van der Waals surface area contributed by atoms with Crippen molar-refractivity contribution in [3.05, 3.63) is 34.3 Å². The van der Waals surface area contributed by atoms with Crippen LogP contribution < -0.4 is 17.2 Å². The fourth-order valence-corrected chi connectivity index (χ4v) is 2.30. The Bertz CT molecular complexity index is 451. The van der Waals surface area contributed by atoms with Crippen molar-refractivity contribution < 1.29 is 9.59 Å². The second-order valence-corrected chi connectivity index (χ2v) is 5.06. The van der Waals surface area contributed by atoms with E-state index in [9.17, 15) is 9.59 Å². The highest BCUT2D eigenvalue weighted by Crippen LogP contribution is 2.22. The summed E-state index contributed by atoms with van der Waals surface area (Å²) in [6.07, 6.45) is 0. The summed E-state index contributed by atoms with van der Waals surface area (Å²) in [6, 6.07) is 7.19. The number of primary amides is 2. The molecule has 0 aliphatic rings. The Morgan fingerprint density at radius 2 is 1.79 bits per heavy atom. The number of carbonyl (C=O) groups is 2. The summed E-state index contributed by atoms with van der Waals surface area (Å²) in [5.41, 5.74) is 17.0. The van der Waals surface area contributed by atoms with Crippen molar-refractivity contribution >= 4 is 27.7 Å². The Morgan fingerprint density at radius 1 is 1.21 bits per heavy atom. The lowest BCUT2D eigenvalue weighted by Gasteiger charge is -2.29. The molecule has 6 nitrogen and oxygen atoms in total. The van der Waals surface area contributed by atoms with Crippen LogP contribution in [0, 0.1) is 0 Å². The van der Waals surface area contributed by atoms with E-state index in [4.69, 9.17) is 17.2 Å². The topological polar surface area (TPSA) is 115 Å². The highest BCUT2D eigenvalue weighted by Gasteiger charge is 2.22. The van der Waals surface area contributed by atoms with Gasteiger partial charge in [0.15, 0.2) is 0 Å². The molecule has 0 aliphatic heterocycles. The first-order chi connectivity index (χ1) is 8.93. The minimum Gasteiger partial charge on any atom is -0.369 e. The summed E-state index contributed by atoms with van der Waals surface area (Å²) in [6.45, 7) is 0.103. The van der Waals surface area contributed by atoms with E-state index in [2.05, 4.69) is 15.9 Å². The first-order valence-electron chi connectivity index (χ1n) is 5.70. The molecule has 1 aromatic rings. The Kier molecular flexibility index (Phi) is 5.94. The van der Waals surface area contributed by atoms with Crippen molar-refractivity contribution in [1.82, 2.24) is 4.90 Å². The van der Waals surface area contributed by atoms with Gasteiger partial charge in [0.2, 0.25) is 11.8 Å². The van der Waals surface area contributed by atoms with Crippen molar-refractivity contribution in [1.29, 1.82) is 0 Å². The number of hydrogen-bond acceptors (Lipinski definition) is 4. The summed E-state index contributed by atoms with van der Waals surface area (Å²) in [5.74, 6) is -1.07. The van der Waals surface area contributed by atoms with Crippen LogP contribution in [0.4, 0.5) is 0 Å². The Hall–Kier alpha value is -1.44. The fraction of sp³-hybridized carbons (Fsp3) is 0.333. The number of hydrogen-bond donors (Lipinski definition) is 3. The normalized spacial score (nSPS) is 12.4. The molecule has 1 atom stereocenters. The van der Waals surface area contributed by atoms with Gasteiger partial charge >= 0.3 is 0 Å². The minimum atomic E-state index is -0.533. The van der Waals surface area contributed by atoms with E-state index in [0.29, 0.717) is 0 Å². The van der Waals surface area contributed by atoms with Crippen LogP contribution in [-0.4, -0.2) is 36.3 Å². The van der Waals surface area contributed by atoms with Crippen LogP contribution in [0.5, 0.6) is 0 Å². The Balaban J connectivity index is 3.00. The third-order valence-corrected chi connectivity index (χ3v) is 3.11. The van der Waals surface area contributed by atoms with Gasteiger partial charge in [-0.15, -0.1) is 0 Å². The molecule has 0 bridgehead atoms. The lowest BCUT2D eigenvalue weighted by molar-refractivity contribution is -0.122. The summed E-state index contributed by atoms with van der Waals surface area (Å²) in [7, 11) is 0. The van der Waals surface area contributed by atoms with Gasteiger partial charge in [0, 0.05) is 17.1 Å². The van der Waals surface area contributed by atoms with Gasteiger partial charge in [0.25, 0.3) is 0 Å². The van der Waals surface area contributed by atoms with Gasteiger partial charge in [0.1, 0.15) is 0 Å². The monoisotopic (exact) mass is 328 g/mol. The second kappa shape index (κ2) is 7.22. The third-order valence-electron chi connectivity index (χ3n) is 2.62. The molecule has 0 saturated heterocycles. The Morgan fingerprint density at radius 3 is 2.21 bits per heavy atom. The average molecular weight is 329 g/mol. The van der Waals surface area contributed by atoms with Crippen molar-refractivity contribution in [2.24, 2.45) is 17.2 Å². The first-order valence-corrected chi connectivity index (χ1v) is 6.49. The van der Waals surface area contributed by atoms with Crippen LogP contribution >= 0.6 is 15.9 Å². The predicted molar refractivity (Wildman–Crippen MR) is 75.9 cm³/mol. The molecule has 1 rings (SSSR count). The van der Waals surface area contributed by atoms with E-state index in [-0.39, 0.29) is 25.7 Å². The zero-order valence-corrected chi connectivity index (χ0v) is 12.0. The number of nitrogens with zero attached hydrogens (tertiary/aromatic N) is 1. The number of amides is 2. The lowest BCUT2D eigenvalue weighted by atomic mass is 10.1. The van der Waals surface area contributed by atoms with Gasteiger partial charge in [0.05, 0.1) is 13.1 Å². The van der Waals surface area contributed by atoms with Crippen molar-refractivity contribution in [3.8, 4) is 0 Å². The smallest absolute Gasteiger partial charge is 0.231 e. The van der Waals surface area contributed by atoms with E-state index in [0.717, 1.165) is 10.0 Å². The second-order valence-electron chi connectivity index (χ2n) is 4.14. The molecule has 2 amide bonds. The molecular formula is C12H17BrN4O2. The predicted octanol–water partition coefficient (Wildman–Crippen LogP) is -0.278. The molecule has 7 heteroatoms. The largest absolute Gasteiger partial charge is 0.369 e. The minimum absolute atomic E-state index is 0.0721. The van der Waals surface area contributed by atoms with Gasteiger partial charge < -0.3 is 17.2 Å². The molecule has 1 aromatic carbocycles. The van der Waals surface area contributed by atoms with Gasteiger partial charge in [-0.1, -0.05) is 28.1 Å². The van der Waals surface area contributed by atoms with Crippen molar-refractivity contribution in [2.75, 3.05) is 19.6 Å². The summed E-state index contributed by atoms with van der Waals surface area (Å²) in [4.78, 5) is 23.8. The molecule has 0 fully saturated rings. The third kappa shape index (κ3) is 4.98. The molecule has 0 spiro atoms. The van der Waals surface area contributed by atoms with E-state index >= 15 is 0 Å². The van der Waals surface area contributed by atoms with Crippen LogP contribution in [0.25, 0.3) is 0 Å². The highest BCUT2D eigenvalue weighted by atomic mass is 79.9. The highest BCUT2D eigenvalue weighted by molar-refractivity contribution is 9.10. The van der Waals surface area contributed by atoms with Gasteiger partial charge in [-0.2, -0.15) is 0 Å². The molecule has 0 radical (unpaired) electrons. The standard InChI is InChI=1S/C12H17BrN4O2/c13-9-3-1-2-8(4-9)10(5-14)17(6-11(15)18)7-12(16)19/h1-4,10H,5-7,14H2,(H2,15,18)(H2,16,19). The number of rotatable bonds is 7. The average Bonchev–Trinajstić information content (AvgIpc) is 2.28. The van der Waals surface area contributed by atoms with Crippen LogP contribution in [0.2, 0.25) is 0 Å². The molecule has 0 heterocycles. The number of halogens is 1. The van der Waals surface area contributed by atoms with E-state index in [1.165, 1.54) is 0 Å². The summed E-state index contributed by atoms with van der Waals surface area (Å²) in [5, 5.41) is 0. The maximum absolute atomic E-state index is 11.1. The zero-order chi connectivity index (χ0) is 14.4. The van der Waals surface area contributed by atoms with Crippen LogP contribution in [0.1, 0.15) is 11.6 Å². The molecule has 0 saturated carbocycles.